The summed E-state index contributed by atoms with van der Waals surface area (Å²) in [6.45, 7) is 5.64. The molecule has 5 heteroatoms. The van der Waals surface area contributed by atoms with E-state index in [0.717, 1.165) is 4.99 Å². The first kappa shape index (κ1) is 18.9. The van der Waals surface area contributed by atoms with Crippen molar-refractivity contribution in [3.05, 3.63) is 0 Å². The molecule has 0 aromatic rings. The smallest absolute Gasteiger partial charge is 0.153 e. The van der Waals surface area contributed by atoms with Crippen LogP contribution in [-0.4, -0.2) is 42.9 Å². The molecule has 0 radical (unpaired) electrons. The van der Waals surface area contributed by atoms with Gasteiger partial charge in [-0.15, -0.1) is 0 Å². The molecule has 0 saturated carbocycles. The minimum Gasteiger partial charge on any atom is -0.364 e. The fourth-order valence-electron chi connectivity index (χ4n) is 2.86. The predicted molar refractivity (Wildman–Crippen MR) is 94.6 cm³/mol. The van der Waals surface area contributed by atoms with Crippen molar-refractivity contribution in [3.63, 3.8) is 0 Å². The maximum Gasteiger partial charge on any atom is 0.153 e. The van der Waals surface area contributed by atoms with Crippen LogP contribution in [0.2, 0.25) is 0 Å². The molecule has 0 aliphatic carbocycles. The van der Waals surface area contributed by atoms with E-state index in [-0.39, 0.29) is 11.5 Å². The van der Waals surface area contributed by atoms with Crippen LogP contribution < -0.4 is 0 Å². The Kier molecular flexibility index (Phi) is 8.79. The first-order chi connectivity index (χ1) is 10.00. The van der Waals surface area contributed by atoms with Crippen LogP contribution in [0.15, 0.2) is 0 Å². The number of hydrogen-bond donors (Lipinski definition) is 0. The van der Waals surface area contributed by atoms with Crippen molar-refractivity contribution in [2.45, 2.75) is 65.2 Å². The molecule has 0 amide bonds. The van der Waals surface area contributed by atoms with E-state index in [2.05, 4.69) is 18.7 Å². The summed E-state index contributed by atoms with van der Waals surface area (Å²) in [6, 6.07) is 0. The molecule has 3 nitrogen and oxygen atoms in total. The van der Waals surface area contributed by atoms with Gasteiger partial charge in [0.15, 0.2) is 9.84 Å². The molecular weight excluding hydrogens is 302 g/mol. The first-order valence-electron chi connectivity index (χ1n) is 8.49. The predicted octanol–water partition coefficient (Wildman–Crippen LogP) is 3.82. The first-order valence-corrected chi connectivity index (χ1v) is 10.7. The molecule has 1 aliphatic rings. The van der Waals surface area contributed by atoms with Gasteiger partial charge in [0.1, 0.15) is 0 Å². The van der Waals surface area contributed by atoms with Crippen LogP contribution in [-0.2, 0) is 9.84 Å². The normalized spacial score (nSPS) is 18.1. The second-order valence-electron chi connectivity index (χ2n) is 6.17. The SMILES string of the molecule is CCCCCC(CCCCC)C(=S)N1CCS(=O)(=O)CC1. The lowest BCUT2D eigenvalue weighted by Crippen LogP contribution is -2.45. The van der Waals surface area contributed by atoms with Crippen molar-refractivity contribution in [1.82, 2.24) is 4.90 Å². The highest BCUT2D eigenvalue weighted by Gasteiger charge is 2.26. The molecule has 1 saturated heterocycles. The highest BCUT2D eigenvalue weighted by molar-refractivity contribution is 7.91. The second-order valence-corrected chi connectivity index (χ2v) is 8.89. The molecule has 1 fully saturated rings. The Morgan fingerprint density at radius 3 is 1.90 bits per heavy atom. The molecule has 0 aromatic heterocycles. The van der Waals surface area contributed by atoms with Gasteiger partial charge in [0.25, 0.3) is 0 Å². The lowest BCUT2D eigenvalue weighted by atomic mass is 9.94. The lowest BCUT2D eigenvalue weighted by molar-refractivity contribution is 0.400. The van der Waals surface area contributed by atoms with Crippen LogP contribution in [0.1, 0.15) is 65.2 Å². The number of nitrogens with zero attached hydrogens (tertiary/aromatic N) is 1. The summed E-state index contributed by atoms with van der Waals surface area (Å²) in [5, 5.41) is 0. The summed E-state index contributed by atoms with van der Waals surface area (Å²) in [7, 11) is -2.82. The van der Waals surface area contributed by atoms with Gasteiger partial charge in [-0.3, -0.25) is 0 Å². The van der Waals surface area contributed by atoms with E-state index >= 15 is 0 Å². The number of thiocarbonyl (C=S) groups is 1. The summed E-state index contributed by atoms with van der Waals surface area (Å²) < 4.78 is 23.1. The molecular formula is C16H31NO2S2. The summed E-state index contributed by atoms with van der Waals surface area (Å²) in [6.07, 6.45) is 9.80. The third-order valence-corrected chi connectivity index (χ3v) is 6.52. The summed E-state index contributed by atoms with van der Waals surface area (Å²) in [4.78, 5) is 3.18. The molecule has 1 aliphatic heterocycles. The second kappa shape index (κ2) is 9.78. The maximum absolute atomic E-state index is 11.5. The Labute approximate surface area is 136 Å². The average molecular weight is 334 g/mol. The van der Waals surface area contributed by atoms with Crippen molar-refractivity contribution in [2.24, 2.45) is 5.92 Å². The van der Waals surface area contributed by atoms with Crippen molar-refractivity contribution in [3.8, 4) is 0 Å². The lowest BCUT2D eigenvalue weighted by Gasteiger charge is -2.33. The van der Waals surface area contributed by atoms with Crippen LogP contribution in [0.5, 0.6) is 0 Å². The molecule has 0 bridgehead atoms. The summed E-state index contributed by atoms with van der Waals surface area (Å²) >= 11 is 5.70. The van der Waals surface area contributed by atoms with E-state index in [1.54, 1.807) is 0 Å². The van der Waals surface area contributed by atoms with Gasteiger partial charge in [-0.25, -0.2) is 8.42 Å². The van der Waals surface area contributed by atoms with Crippen LogP contribution in [0.4, 0.5) is 0 Å². The van der Waals surface area contributed by atoms with Gasteiger partial charge in [-0.1, -0.05) is 64.6 Å². The molecule has 1 rings (SSSR count). The van der Waals surface area contributed by atoms with Gasteiger partial charge in [-0.2, -0.15) is 0 Å². The molecule has 0 N–H and O–H groups in total. The topological polar surface area (TPSA) is 37.4 Å². The highest BCUT2D eigenvalue weighted by Crippen LogP contribution is 2.22. The maximum atomic E-state index is 11.5. The van der Waals surface area contributed by atoms with Gasteiger partial charge in [-0.05, 0) is 12.8 Å². The number of hydrogen-bond acceptors (Lipinski definition) is 3. The minimum atomic E-state index is -2.82. The zero-order valence-corrected chi connectivity index (χ0v) is 15.3. The van der Waals surface area contributed by atoms with Gasteiger partial charge >= 0.3 is 0 Å². The average Bonchev–Trinajstić information content (AvgIpc) is 2.45. The fraction of sp³-hybridized carbons (Fsp3) is 0.938. The van der Waals surface area contributed by atoms with E-state index < -0.39 is 9.84 Å². The quantitative estimate of drug-likeness (QED) is 0.475. The Balaban J connectivity index is 2.52. The van der Waals surface area contributed by atoms with E-state index in [1.807, 2.05) is 0 Å². The molecule has 0 unspecified atom stereocenters. The summed E-state index contributed by atoms with van der Waals surface area (Å²) in [5.41, 5.74) is 0. The third kappa shape index (κ3) is 7.09. The van der Waals surface area contributed by atoms with E-state index in [0.29, 0.717) is 19.0 Å². The van der Waals surface area contributed by atoms with Crippen LogP contribution in [0, 0.1) is 5.92 Å². The van der Waals surface area contributed by atoms with Crippen LogP contribution >= 0.6 is 12.2 Å². The van der Waals surface area contributed by atoms with Crippen LogP contribution in [0.3, 0.4) is 0 Å². The largest absolute Gasteiger partial charge is 0.364 e. The molecule has 0 spiro atoms. The van der Waals surface area contributed by atoms with Gasteiger partial charge < -0.3 is 4.90 Å². The number of rotatable bonds is 9. The number of unbranched alkanes of at least 4 members (excludes halogenated alkanes) is 4. The zero-order chi connectivity index (χ0) is 15.7. The Morgan fingerprint density at radius 2 is 1.48 bits per heavy atom. The molecule has 124 valence electrons. The zero-order valence-electron chi connectivity index (χ0n) is 13.6. The van der Waals surface area contributed by atoms with Crippen molar-refractivity contribution in [2.75, 3.05) is 24.6 Å². The van der Waals surface area contributed by atoms with Crippen molar-refractivity contribution >= 4 is 27.0 Å². The standard InChI is InChI=1S/C16H31NO2S2/c1-3-5-7-9-15(10-8-6-4-2)16(20)17-11-13-21(18,19)14-12-17/h15H,3-14H2,1-2H3. The van der Waals surface area contributed by atoms with E-state index in [9.17, 15) is 8.42 Å². The highest BCUT2D eigenvalue weighted by atomic mass is 32.2. The van der Waals surface area contributed by atoms with E-state index in [1.165, 1.54) is 51.4 Å². The third-order valence-electron chi connectivity index (χ3n) is 4.32. The fourth-order valence-corrected chi connectivity index (χ4v) is 4.48. The van der Waals surface area contributed by atoms with Crippen LogP contribution in [0.25, 0.3) is 0 Å². The van der Waals surface area contributed by atoms with Gasteiger partial charge in [0.2, 0.25) is 0 Å². The van der Waals surface area contributed by atoms with Crippen molar-refractivity contribution < 1.29 is 8.42 Å². The Morgan fingerprint density at radius 1 is 1.00 bits per heavy atom. The summed E-state index contributed by atoms with van der Waals surface area (Å²) in [5.74, 6) is 1.01. The molecule has 0 aromatic carbocycles. The minimum absolute atomic E-state index is 0.268. The van der Waals surface area contributed by atoms with Crippen molar-refractivity contribution in [1.29, 1.82) is 0 Å². The Hall–Kier alpha value is -0.160. The van der Waals surface area contributed by atoms with E-state index in [4.69, 9.17) is 12.2 Å². The Bertz CT molecular complexity index is 383. The molecule has 21 heavy (non-hydrogen) atoms. The monoisotopic (exact) mass is 333 g/mol. The molecule has 1 heterocycles. The molecule has 0 atom stereocenters. The van der Waals surface area contributed by atoms with Gasteiger partial charge in [0, 0.05) is 19.0 Å². The number of sulfone groups is 1. The van der Waals surface area contributed by atoms with Gasteiger partial charge in [0.05, 0.1) is 16.5 Å².